The molecule has 3 N–H and O–H groups in total. The van der Waals surface area contributed by atoms with Crippen molar-refractivity contribution in [3.8, 4) is 0 Å². The maximum atomic E-state index is 11.5. The first-order valence-electron chi connectivity index (χ1n) is 4.43. The van der Waals surface area contributed by atoms with E-state index >= 15 is 0 Å². The van der Waals surface area contributed by atoms with E-state index in [0.29, 0.717) is 26.3 Å². The molecule has 0 aromatic heterocycles. The number of carbonyl (C=O) groups excluding carboxylic acids is 1. The van der Waals surface area contributed by atoms with Crippen LogP contribution >= 0.6 is 12.4 Å². The average Bonchev–Trinajstić information content (AvgIpc) is 2.17. The zero-order valence-corrected chi connectivity index (χ0v) is 9.00. The van der Waals surface area contributed by atoms with Crippen molar-refractivity contribution in [2.24, 2.45) is 5.73 Å². The Hall–Kier alpha value is -0.360. The topological polar surface area (TPSA) is 75.8 Å². The molecule has 0 aliphatic carbocycles. The summed E-state index contributed by atoms with van der Waals surface area (Å²) >= 11 is 0. The van der Waals surface area contributed by atoms with Gasteiger partial charge in [-0.05, 0) is 6.92 Å². The summed E-state index contributed by atoms with van der Waals surface area (Å²) in [5.74, 6) is -0.196. The molecular formula is C8H17ClN2O3. The second-order valence-electron chi connectivity index (χ2n) is 3.20. The Kier molecular flexibility index (Phi) is 6.03. The van der Waals surface area contributed by atoms with Crippen LogP contribution in [0.2, 0.25) is 0 Å². The molecule has 0 aromatic rings. The number of morpholine rings is 1. The van der Waals surface area contributed by atoms with Crippen LogP contribution in [-0.4, -0.2) is 54.4 Å². The normalized spacial score (nSPS) is 20.9. The van der Waals surface area contributed by atoms with Crippen molar-refractivity contribution >= 4 is 18.3 Å². The van der Waals surface area contributed by atoms with Gasteiger partial charge in [0.15, 0.2) is 0 Å². The zero-order valence-electron chi connectivity index (χ0n) is 8.18. The highest BCUT2D eigenvalue weighted by Crippen LogP contribution is 2.01. The van der Waals surface area contributed by atoms with Gasteiger partial charge >= 0.3 is 0 Å². The van der Waals surface area contributed by atoms with Crippen molar-refractivity contribution < 1.29 is 14.6 Å². The van der Waals surface area contributed by atoms with E-state index < -0.39 is 12.1 Å². The van der Waals surface area contributed by atoms with Gasteiger partial charge in [-0.1, -0.05) is 0 Å². The number of aliphatic hydroxyl groups is 1. The fraction of sp³-hybridized carbons (Fsp3) is 0.875. The van der Waals surface area contributed by atoms with Gasteiger partial charge in [0, 0.05) is 13.1 Å². The lowest BCUT2D eigenvalue weighted by atomic mass is 10.1. The summed E-state index contributed by atoms with van der Waals surface area (Å²) in [5.41, 5.74) is 5.51. The molecule has 14 heavy (non-hydrogen) atoms. The van der Waals surface area contributed by atoms with Crippen LogP contribution in [0, 0.1) is 0 Å². The fourth-order valence-electron chi connectivity index (χ4n) is 1.20. The first kappa shape index (κ1) is 13.6. The standard InChI is InChI=1S/C8H16N2O3.ClH/c1-6(11)7(9)8(12)10-2-4-13-5-3-10;/h6-7,11H,2-5,9H2,1H3;1H/t6-,7+;/m1./s1. The molecule has 0 bridgehead atoms. The van der Waals surface area contributed by atoms with Crippen LogP contribution in [0.15, 0.2) is 0 Å². The summed E-state index contributed by atoms with van der Waals surface area (Å²) in [4.78, 5) is 13.2. The van der Waals surface area contributed by atoms with E-state index in [4.69, 9.17) is 15.6 Å². The third-order valence-corrected chi connectivity index (χ3v) is 2.13. The first-order chi connectivity index (χ1) is 6.13. The Morgan fingerprint density at radius 2 is 2.00 bits per heavy atom. The quantitative estimate of drug-likeness (QED) is 0.629. The summed E-state index contributed by atoms with van der Waals surface area (Å²) in [6.07, 6.45) is -0.796. The Balaban J connectivity index is 0.00000169. The molecule has 0 unspecified atom stereocenters. The lowest BCUT2D eigenvalue weighted by molar-refractivity contribution is -0.138. The number of rotatable bonds is 2. The monoisotopic (exact) mass is 224 g/mol. The van der Waals surface area contributed by atoms with Crippen molar-refractivity contribution in [3.63, 3.8) is 0 Å². The van der Waals surface area contributed by atoms with Crippen LogP contribution in [0.25, 0.3) is 0 Å². The molecule has 2 atom stereocenters. The van der Waals surface area contributed by atoms with Crippen LogP contribution in [0.4, 0.5) is 0 Å². The SMILES string of the molecule is C[C@@H](O)[C@H](N)C(=O)N1CCOCC1.Cl. The van der Waals surface area contributed by atoms with Gasteiger partial charge in [0.25, 0.3) is 0 Å². The van der Waals surface area contributed by atoms with Crippen molar-refractivity contribution in [2.45, 2.75) is 19.1 Å². The highest BCUT2D eigenvalue weighted by atomic mass is 35.5. The van der Waals surface area contributed by atoms with E-state index in [0.717, 1.165) is 0 Å². The van der Waals surface area contributed by atoms with Gasteiger partial charge in [-0.3, -0.25) is 4.79 Å². The minimum absolute atomic E-state index is 0. The smallest absolute Gasteiger partial charge is 0.242 e. The molecule has 5 nitrogen and oxygen atoms in total. The molecule has 1 rings (SSSR count). The second kappa shape index (κ2) is 6.19. The zero-order chi connectivity index (χ0) is 9.84. The number of ether oxygens (including phenoxy) is 1. The first-order valence-corrected chi connectivity index (χ1v) is 4.43. The molecule has 1 amide bonds. The third kappa shape index (κ3) is 3.42. The summed E-state index contributed by atoms with van der Waals surface area (Å²) in [5, 5.41) is 9.12. The van der Waals surface area contributed by atoms with Gasteiger partial charge in [0.05, 0.1) is 19.3 Å². The van der Waals surface area contributed by atoms with Crippen LogP contribution < -0.4 is 5.73 Å². The predicted octanol–water partition coefficient (Wildman–Crippen LogP) is -1.02. The average molecular weight is 225 g/mol. The fourth-order valence-corrected chi connectivity index (χ4v) is 1.20. The molecule has 1 fully saturated rings. The van der Waals surface area contributed by atoms with Crippen molar-refractivity contribution in [1.29, 1.82) is 0 Å². The summed E-state index contributed by atoms with van der Waals surface area (Å²) < 4.78 is 5.09. The molecule has 84 valence electrons. The summed E-state index contributed by atoms with van der Waals surface area (Å²) in [6.45, 7) is 3.76. The van der Waals surface area contributed by atoms with Gasteiger partial charge in [0.2, 0.25) is 5.91 Å². The molecule has 0 aromatic carbocycles. The molecular weight excluding hydrogens is 208 g/mol. The second-order valence-corrected chi connectivity index (χ2v) is 3.20. The van der Waals surface area contributed by atoms with E-state index in [1.54, 1.807) is 4.90 Å². The minimum Gasteiger partial charge on any atom is -0.391 e. The molecule has 1 aliphatic heterocycles. The number of nitrogens with zero attached hydrogens (tertiary/aromatic N) is 1. The van der Waals surface area contributed by atoms with Crippen molar-refractivity contribution in [1.82, 2.24) is 4.90 Å². The Labute approximate surface area is 89.6 Å². The van der Waals surface area contributed by atoms with E-state index in [2.05, 4.69) is 0 Å². The highest BCUT2D eigenvalue weighted by molar-refractivity contribution is 5.85. The number of amides is 1. The largest absolute Gasteiger partial charge is 0.391 e. The number of carbonyl (C=O) groups is 1. The van der Waals surface area contributed by atoms with Crippen LogP contribution in [0.5, 0.6) is 0 Å². The molecule has 1 aliphatic rings. The Morgan fingerprint density at radius 1 is 1.50 bits per heavy atom. The molecule has 6 heteroatoms. The van der Waals surface area contributed by atoms with Crippen LogP contribution in [0.1, 0.15) is 6.92 Å². The van der Waals surface area contributed by atoms with Gasteiger partial charge in [-0.25, -0.2) is 0 Å². The van der Waals surface area contributed by atoms with Gasteiger partial charge < -0.3 is 20.5 Å². The number of nitrogens with two attached hydrogens (primary N) is 1. The maximum Gasteiger partial charge on any atom is 0.242 e. The van der Waals surface area contributed by atoms with Crippen LogP contribution in [0.3, 0.4) is 0 Å². The van der Waals surface area contributed by atoms with E-state index in [1.807, 2.05) is 0 Å². The molecule has 1 heterocycles. The van der Waals surface area contributed by atoms with Crippen molar-refractivity contribution in [2.75, 3.05) is 26.3 Å². The van der Waals surface area contributed by atoms with E-state index in [1.165, 1.54) is 6.92 Å². The van der Waals surface area contributed by atoms with Crippen molar-refractivity contribution in [3.05, 3.63) is 0 Å². The third-order valence-electron chi connectivity index (χ3n) is 2.13. The van der Waals surface area contributed by atoms with Gasteiger partial charge in [-0.2, -0.15) is 0 Å². The van der Waals surface area contributed by atoms with Crippen LogP contribution in [-0.2, 0) is 9.53 Å². The predicted molar refractivity (Wildman–Crippen MR) is 54.3 cm³/mol. The highest BCUT2D eigenvalue weighted by Gasteiger charge is 2.25. The lowest BCUT2D eigenvalue weighted by Crippen LogP contribution is -2.52. The lowest BCUT2D eigenvalue weighted by Gasteiger charge is -2.29. The van der Waals surface area contributed by atoms with E-state index in [9.17, 15) is 4.79 Å². The minimum atomic E-state index is -0.807. The molecule has 1 saturated heterocycles. The summed E-state index contributed by atoms with van der Waals surface area (Å²) in [7, 11) is 0. The number of aliphatic hydroxyl groups excluding tert-OH is 1. The van der Waals surface area contributed by atoms with Gasteiger partial charge in [0.1, 0.15) is 6.04 Å². The maximum absolute atomic E-state index is 11.5. The summed E-state index contributed by atoms with van der Waals surface area (Å²) in [6, 6.07) is -0.807. The Bertz CT molecular complexity index is 183. The molecule has 0 spiro atoms. The number of hydrogen-bond donors (Lipinski definition) is 2. The Morgan fingerprint density at radius 3 is 2.43 bits per heavy atom. The molecule has 0 saturated carbocycles. The number of halogens is 1. The van der Waals surface area contributed by atoms with E-state index in [-0.39, 0.29) is 18.3 Å². The number of hydrogen-bond acceptors (Lipinski definition) is 4. The molecule has 0 radical (unpaired) electrons. The van der Waals surface area contributed by atoms with Gasteiger partial charge in [-0.15, -0.1) is 12.4 Å².